The van der Waals surface area contributed by atoms with Crippen LogP contribution in [0.4, 0.5) is 17.2 Å². The highest BCUT2D eigenvalue weighted by Crippen LogP contribution is 2.34. The number of amides is 3. The number of nitrogens with zero attached hydrogens (tertiary/aromatic N) is 5. The van der Waals surface area contributed by atoms with Gasteiger partial charge in [0.2, 0.25) is 17.7 Å². The minimum absolute atomic E-state index is 0.0168. The lowest BCUT2D eigenvalue weighted by atomic mass is 10.1. The molecule has 0 bridgehead atoms. The van der Waals surface area contributed by atoms with Crippen molar-refractivity contribution in [3.63, 3.8) is 0 Å². The summed E-state index contributed by atoms with van der Waals surface area (Å²) in [4.78, 5) is 49.6. The fourth-order valence-corrected chi connectivity index (χ4v) is 4.96. The third-order valence-electron chi connectivity index (χ3n) is 6.69. The number of anilines is 3. The number of carbonyl (C=O) groups excluding carboxylic acids is 3. The van der Waals surface area contributed by atoms with Crippen molar-refractivity contribution in [3.8, 4) is 0 Å². The van der Waals surface area contributed by atoms with Gasteiger partial charge in [-0.05, 0) is 42.3 Å². The number of hydrogen-bond acceptors (Lipinski definition) is 5. The Bertz CT molecular complexity index is 1050. The second-order valence-corrected chi connectivity index (χ2v) is 8.64. The SMILES string of the molecule is CC(=O)N1CCc2cc(N3CC(C(=O)N4CCN(c5ccccn5)CC4)CC3=O)ccc21. The van der Waals surface area contributed by atoms with Crippen molar-refractivity contribution in [1.29, 1.82) is 0 Å². The molecular weight excluding hydrogens is 406 g/mol. The fraction of sp³-hybridized carbons (Fsp3) is 0.417. The minimum atomic E-state index is -0.314. The molecule has 5 rings (SSSR count). The Labute approximate surface area is 187 Å². The fourth-order valence-electron chi connectivity index (χ4n) is 4.96. The maximum atomic E-state index is 13.1. The number of fused-ring (bicyclic) bond motifs is 1. The molecule has 4 heterocycles. The zero-order valence-electron chi connectivity index (χ0n) is 18.2. The van der Waals surface area contributed by atoms with Crippen molar-refractivity contribution in [3.05, 3.63) is 48.2 Å². The average Bonchev–Trinajstić information content (AvgIpc) is 3.42. The molecule has 1 unspecified atom stereocenters. The highest BCUT2D eigenvalue weighted by Gasteiger charge is 2.38. The van der Waals surface area contributed by atoms with Crippen molar-refractivity contribution in [2.75, 3.05) is 54.0 Å². The van der Waals surface area contributed by atoms with Crippen molar-refractivity contribution in [1.82, 2.24) is 9.88 Å². The average molecular weight is 434 g/mol. The smallest absolute Gasteiger partial charge is 0.228 e. The van der Waals surface area contributed by atoms with Crippen molar-refractivity contribution < 1.29 is 14.4 Å². The maximum absolute atomic E-state index is 13.1. The van der Waals surface area contributed by atoms with E-state index in [2.05, 4.69) is 9.88 Å². The van der Waals surface area contributed by atoms with Crippen LogP contribution in [0.5, 0.6) is 0 Å². The summed E-state index contributed by atoms with van der Waals surface area (Å²) in [5.74, 6) is 0.692. The van der Waals surface area contributed by atoms with Crippen molar-refractivity contribution >= 4 is 34.9 Å². The summed E-state index contributed by atoms with van der Waals surface area (Å²) in [6.45, 7) is 5.41. The first-order chi connectivity index (χ1) is 15.5. The largest absolute Gasteiger partial charge is 0.353 e. The molecule has 3 aliphatic heterocycles. The van der Waals surface area contributed by atoms with Gasteiger partial charge in [-0.2, -0.15) is 0 Å². The van der Waals surface area contributed by atoms with Crippen LogP contribution in [0.3, 0.4) is 0 Å². The first-order valence-corrected chi connectivity index (χ1v) is 11.2. The summed E-state index contributed by atoms with van der Waals surface area (Å²) in [6, 6.07) is 11.6. The standard InChI is InChI=1S/C24H27N5O3/c1-17(30)28-9-7-18-14-20(5-6-21(18)28)29-16-19(15-23(29)31)24(32)27-12-10-26(11-13-27)22-4-2-3-8-25-22/h2-6,8,14,19H,7,9-13,15-16H2,1H3. The first kappa shape index (κ1) is 20.5. The lowest BCUT2D eigenvalue weighted by molar-refractivity contribution is -0.136. The molecule has 8 nitrogen and oxygen atoms in total. The van der Waals surface area contributed by atoms with Crippen LogP contribution in [0.1, 0.15) is 18.9 Å². The highest BCUT2D eigenvalue weighted by atomic mass is 16.2. The Morgan fingerprint density at radius 1 is 1.03 bits per heavy atom. The summed E-state index contributed by atoms with van der Waals surface area (Å²) in [6.07, 6.45) is 2.81. The number of hydrogen-bond donors (Lipinski definition) is 0. The van der Waals surface area contributed by atoms with E-state index in [-0.39, 0.29) is 30.1 Å². The maximum Gasteiger partial charge on any atom is 0.228 e. The van der Waals surface area contributed by atoms with E-state index in [1.807, 2.05) is 41.3 Å². The summed E-state index contributed by atoms with van der Waals surface area (Å²) in [7, 11) is 0. The van der Waals surface area contributed by atoms with E-state index in [4.69, 9.17) is 0 Å². The van der Waals surface area contributed by atoms with Crippen LogP contribution in [-0.4, -0.2) is 66.9 Å². The third kappa shape index (κ3) is 3.70. The van der Waals surface area contributed by atoms with E-state index in [1.54, 1.807) is 22.9 Å². The van der Waals surface area contributed by atoms with Gasteiger partial charge in [0.05, 0.1) is 5.92 Å². The highest BCUT2D eigenvalue weighted by molar-refractivity contribution is 6.01. The van der Waals surface area contributed by atoms with E-state index in [0.29, 0.717) is 26.2 Å². The molecule has 2 fully saturated rings. The van der Waals surface area contributed by atoms with Crippen LogP contribution < -0.4 is 14.7 Å². The van der Waals surface area contributed by atoms with Crippen LogP contribution in [0.25, 0.3) is 0 Å². The molecule has 8 heteroatoms. The number of rotatable bonds is 3. The molecule has 3 aliphatic rings. The van der Waals surface area contributed by atoms with Gasteiger partial charge < -0.3 is 19.6 Å². The summed E-state index contributed by atoms with van der Waals surface area (Å²) in [5.41, 5.74) is 2.81. The van der Waals surface area contributed by atoms with Crippen molar-refractivity contribution in [2.24, 2.45) is 5.92 Å². The Hall–Kier alpha value is -3.42. The molecule has 0 saturated carbocycles. The Kier molecular flexibility index (Phi) is 5.28. The molecule has 1 atom stereocenters. The first-order valence-electron chi connectivity index (χ1n) is 11.2. The van der Waals surface area contributed by atoms with Crippen LogP contribution in [-0.2, 0) is 20.8 Å². The van der Waals surface area contributed by atoms with Gasteiger partial charge in [0.25, 0.3) is 0 Å². The molecule has 0 aliphatic carbocycles. The third-order valence-corrected chi connectivity index (χ3v) is 6.69. The Balaban J connectivity index is 1.23. The number of carbonyl (C=O) groups is 3. The van der Waals surface area contributed by atoms with E-state index < -0.39 is 0 Å². The van der Waals surface area contributed by atoms with Gasteiger partial charge >= 0.3 is 0 Å². The second-order valence-electron chi connectivity index (χ2n) is 8.64. The molecule has 1 aromatic carbocycles. The molecule has 166 valence electrons. The zero-order chi connectivity index (χ0) is 22.2. The van der Waals surface area contributed by atoms with Crippen LogP contribution in [0.15, 0.2) is 42.6 Å². The number of piperazine rings is 1. The Morgan fingerprint density at radius 2 is 1.84 bits per heavy atom. The lowest BCUT2D eigenvalue weighted by Crippen LogP contribution is -2.51. The molecule has 1 aromatic heterocycles. The van der Waals surface area contributed by atoms with E-state index >= 15 is 0 Å². The molecular formula is C24H27N5O3. The van der Waals surface area contributed by atoms with Gasteiger partial charge in [-0.15, -0.1) is 0 Å². The lowest BCUT2D eigenvalue weighted by Gasteiger charge is -2.36. The van der Waals surface area contributed by atoms with Crippen molar-refractivity contribution in [2.45, 2.75) is 19.8 Å². The quantitative estimate of drug-likeness (QED) is 0.736. The predicted octanol–water partition coefficient (Wildman–Crippen LogP) is 1.69. The minimum Gasteiger partial charge on any atom is -0.353 e. The summed E-state index contributed by atoms with van der Waals surface area (Å²) >= 11 is 0. The predicted molar refractivity (Wildman–Crippen MR) is 122 cm³/mol. The summed E-state index contributed by atoms with van der Waals surface area (Å²) < 4.78 is 0. The normalized spacial score (nSPS) is 20.7. The van der Waals surface area contributed by atoms with E-state index in [9.17, 15) is 14.4 Å². The van der Waals surface area contributed by atoms with Gasteiger partial charge in [-0.1, -0.05) is 6.07 Å². The topological polar surface area (TPSA) is 77.1 Å². The van der Waals surface area contributed by atoms with Gasteiger partial charge in [-0.3, -0.25) is 14.4 Å². The van der Waals surface area contributed by atoms with Gasteiger partial charge in [0, 0.05) is 70.2 Å². The van der Waals surface area contributed by atoms with Gasteiger partial charge in [0.15, 0.2) is 0 Å². The summed E-state index contributed by atoms with van der Waals surface area (Å²) in [5, 5.41) is 0. The molecule has 2 saturated heterocycles. The number of aromatic nitrogens is 1. The van der Waals surface area contributed by atoms with Gasteiger partial charge in [-0.25, -0.2) is 4.98 Å². The molecule has 0 radical (unpaired) electrons. The molecule has 2 aromatic rings. The van der Waals surface area contributed by atoms with E-state index in [0.717, 1.165) is 42.3 Å². The molecule has 32 heavy (non-hydrogen) atoms. The number of benzene rings is 1. The monoisotopic (exact) mass is 433 g/mol. The van der Waals surface area contributed by atoms with Crippen LogP contribution in [0, 0.1) is 5.92 Å². The second kappa shape index (κ2) is 8.26. The molecule has 3 amide bonds. The van der Waals surface area contributed by atoms with Crippen LogP contribution >= 0.6 is 0 Å². The van der Waals surface area contributed by atoms with E-state index in [1.165, 1.54) is 0 Å². The zero-order valence-corrected chi connectivity index (χ0v) is 18.2. The van der Waals surface area contributed by atoms with Crippen LogP contribution in [0.2, 0.25) is 0 Å². The number of pyridine rings is 1. The Morgan fingerprint density at radius 3 is 2.56 bits per heavy atom. The molecule has 0 N–H and O–H groups in total. The molecule has 0 spiro atoms. The van der Waals surface area contributed by atoms with Gasteiger partial charge in [0.1, 0.15) is 5.82 Å².